The van der Waals surface area contributed by atoms with Crippen LogP contribution in [0.3, 0.4) is 0 Å². The van der Waals surface area contributed by atoms with Crippen molar-refractivity contribution in [2.75, 3.05) is 6.54 Å². The van der Waals surface area contributed by atoms with E-state index in [-0.39, 0.29) is 5.82 Å². The topological polar surface area (TPSA) is 73.1 Å². The third-order valence-electron chi connectivity index (χ3n) is 4.45. The van der Waals surface area contributed by atoms with E-state index in [1.165, 1.54) is 12.1 Å². The normalized spacial score (nSPS) is 20.1. The first-order valence-electron chi connectivity index (χ1n) is 8.64. The molecule has 26 heavy (non-hydrogen) atoms. The van der Waals surface area contributed by atoms with Gasteiger partial charge >= 0.3 is 0 Å². The van der Waals surface area contributed by atoms with E-state index in [1.807, 2.05) is 6.07 Å². The summed E-state index contributed by atoms with van der Waals surface area (Å²) in [5.41, 5.74) is 0.758. The van der Waals surface area contributed by atoms with Gasteiger partial charge < -0.3 is 14.6 Å². The van der Waals surface area contributed by atoms with Crippen molar-refractivity contribution in [1.82, 2.24) is 20.4 Å². The van der Waals surface area contributed by atoms with Gasteiger partial charge in [0.2, 0.25) is 17.6 Å². The van der Waals surface area contributed by atoms with Gasteiger partial charge in [-0.2, -0.15) is 4.98 Å². The van der Waals surface area contributed by atoms with Crippen LogP contribution in [-0.4, -0.2) is 27.7 Å². The van der Waals surface area contributed by atoms with Crippen LogP contribution in [0.2, 0.25) is 0 Å². The standard InChI is InChI=1S/C19H19FN4O2/c1-12-10-13(8-9-21-12)19-23-18(24-26-19)14-2-7-17(22-11-14)25-16-5-3-15(20)4-6-16/h2-7,11-13,21H,8-10H2,1H3/t12-,13-/m0/s1. The lowest BCUT2D eigenvalue weighted by molar-refractivity contribution is 0.295. The second-order valence-corrected chi connectivity index (χ2v) is 6.47. The molecule has 0 saturated carbocycles. The number of pyridine rings is 1. The van der Waals surface area contributed by atoms with Crippen LogP contribution in [0.1, 0.15) is 31.6 Å². The molecule has 1 fully saturated rings. The van der Waals surface area contributed by atoms with E-state index < -0.39 is 0 Å². The van der Waals surface area contributed by atoms with Gasteiger partial charge in [0.15, 0.2) is 0 Å². The van der Waals surface area contributed by atoms with Crippen LogP contribution >= 0.6 is 0 Å². The lowest BCUT2D eigenvalue weighted by atomic mass is 9.93. The highest BCUT2D eigenvalue weighted by molar-refractivity contribution is 5.53. The molecule has 1 saturated heterocycles. The monoisotopic (exact) mass is 354 g/mol. The highest BCUT2D eigenvalue weighted by atomic mass is 19.1. The Bertz CT molecular complexity index is 864. The van der Waals surface area contributed by atoms with Crippen molar-refractivity contribution in [3.63, 3.8) is 0 Å². The summed E-state index contributed by atoms with van der Waals surface area (Å²) in [6.07, 6.45) is 3.62. The fourth-order valence-corrected chi connectivity index (χ4v) is 3.07. The molecule has 4 rings (SSSR count). The van der Waals surface area contributed by atoms with Gasteiger partial charge in [0, 0.05) is 29.8 Å². The van der Waals surface area contributed by atoms with Crippen LogP contribution in [0.25, 0.3) is 11.4 Å². The second-order valence-electron chi connectivity index (χ2n) is 6.47. The van der Waals surface area contributed by atoms with E-state index in [4.69, 9.17) is 9.26 Å². The molecule has 3 heterocycles. The molecule has 0 spiro atoms. The zero-order chi connectivity index (χ0) is 17.9. The summed E-state index contributed by atoms with van der Waals surface area (Å²) in [7, 11) is 0. The number of nitrogens with one attached hydrogen (secondary N) is 1. The number of rotatable bonds is 4. The first-order chi connectivity index (χ1) is 12.7. The summed E-state index contributed by atoms with van der Waals surface area (Å²) in [6, 6.07) is 9.78. The van der Waals surface area contributed by atoms with Gasteiger partial charge in [0.1, 0.15) is 11.6 Å². The Kier molecular flexibility index (Phi) is 4.62. The minimum Gasteiger partial charge on any atom is -0.439 e. The van der Waals surface area contributed by atoms with Gasteiger partial charge in [-0.1, -0.05) is 5.16 Å². The molecule has 1 aliphatic heterocycles. The van der Waals surface area contributed by atoms with Gasteiger partial charge in [0.05, 0.1) is 0 Å². The number of aromatic nitrogens is 3. The first kappa shape index (κ1) is 16.7. The number of halogens is 1. The van der Waals surface area contributed by atoms with Crippen LogP contribution in [0.5, 0.6) is 11.6 Å². The highest BCUT2D eigenvalue weighted by Gasteiger charge is 2.25. The number of hydrogen-bond acceptors (Lipinski definition) is 6. The SMILES string of the molecule is C[C@H]1C[C@@H](c2nc(-c3ccc(Oc4ccc(F)cc4)nc3)no2)CCN1. The van der Waals surface area contributed by atoms with Crippen LogP contribution in [0.4, 0.5) is 4.39 Å². The molecule has 0 bridgehead atoms. The van der Waals surface area contributed by atoms with Gasteiger partial charge in [-0.25, -0.2) is 9.37 Å². The number of nitrogens with zero attached hydrogens (tertiary/aromatic N) is 3. The average Bonchev–Trinajstić information content (AvgIpc) is 3.14. The average molecular weight is 354 g/mol. The number of piperidine rings is 1. The molecular formula is C19H19FN4O2. The Labute approximate surface area is 150 Å². The molecule has 0 aliphatic carbocycles. The molecule has 2 aromatic heterocycles. The zero-order valence-electron chi connectivity index (χ0n) is 14.4. The molecule has 6 nitrogen and oxygen atoms in total. The van der Waals surface area contributed by atoms with Gasteiger partial charge in [-0.05, 0) is 56.6 Å². The molecule has 134 valence electrons. The van der Waals surface area contributed by atoms with E-state index in [9.17, 15) is 4.39 Å². The van der Waals surface area contributed by atoms with Crippen molar-refractivity contribution >= 4 is 0 Å². The zero-order valence-corrected chi connectivity index (χ0v) is 14.4. The molecule has 3 aromatic rings. The third-order valence-corrected chi connectivity index (χ3v) is 4.45. The second kappa shape index (κ2) is 7.21. The Balaban J connectivity index is 1.46. The first-order valence-corrected chi connectivity index (χ1v) is 8.64. The number of hydrogen-bond donors (Lipinski definition) is 1. The molecular weight excluding hydrogens is 335 g/mol. The Morgan fingerprint density at radius 1 is 1.19 bits per heavy atom. The molecule has 1 aromatic carbocycles. The van der Waals surface area contributed by atoms with Crippen molar-refractivity contribution in [3.05, 3.63) is 54.3 Å². The van der Waals surface area contributed by atoms with E-state index in [0.717, 1.165) is 24.9 Å². The van der Waals surface area contributed by atoms with Gasteiger partial charge in [-0.15, -0.1) is 0 Å². The third kappa shape index (κ3) is 3.72. The van der Waals surface area contributed by atoms with Crippen LogP contribution in [0, 0.1) is 5.82 Å². The summed E-state index contributed by atoms with van der Waals surface area (Å²) in [6.45, 7) is 3.12. The minimum absolute atomic E-state index is 0.293. The van der Waals surface area contributed by atoms with Crippen LogP contribution in [-0.2, 0) is 0 Å². The molecule has 7 heteroatoms. The maximum atomic E-state index is 12.9. The Morgan fingerprint density at radius 3 is 2.77 bits per heavy atom. The van der Waals surface area contributed by atoms with Crippen molar-refractivity contribution in [3.8, 4) is 23.0 Å². The van der Waals surface area contributed by atoms with Gasteiger partial charge in [0.25, 0.3) is 0 Å². The molecule has 0 radical (unpaired) electrons. The maximum absolute atomic E-state index is 12.9. The van der Waals surface area contributed by atoms with Crippen molar-refractivity contribution in [1.29, 1.82) is 0 Å². The molecule has 0 unspecified atom stereocenters. The largest absolute Gasteiger partial charge is 0.439 e. The van der Waals surface area contributed by atoms with Crippen LogP contribution in [0.15, 0.2) is 47.1 Å². The van der Waals surface area contributed by atoms with Crippen molar-refractivity contribution < 1.29 is 13.7 Å². The van der Waals surface area contributed by atoms with E-state index in [0.29, 0.717) is 35.3 Å². The lowest BCUT2D eigenvalue weighted by Gasteiger charge is -2.25. The minimum atomic E-state index is -0.309. The molecule has 1 aliphatic rings. The number of benzene rings is 1. The Hall–Kier alpha value is -2.80. The summed E-state index contributed by atoms with van der Waals surface area (Å²) < 4.78 is 24.0. The quantitative estimate of drug-likeness (QED) is 0.766. The molecule has 0 amide bonds. The van der Waals surface area contributed by atoms with Crippen molar-refractivity contribution in [2.45, 2.75) is 31.7 Å². The predicted octanol–water partition coefficient (Wildman–Crippen LogP) is 3.92. The summed E-state index contributed by atoms with van der Waals surface area (Å²) in [5, 5.41) is 7.50. The fourth-order valence-electron chi connectivity index (χ4n) is 3.07. The summed E-state index contributed by atoms with van der Waals surface area (Å²) >= 11 is 0. The number of ether oxygens (including phenoxy) is 1. The maximum Gasteiger partial charge on any atom is 0.230 e. The highest BCUT2D eigenvalue weighted by Crippen LogP contribution is 2.28. The summed E-state index contributed by atoms with van der Waals surface area (Å²) in [5.74, 6) is 2.12. The predicted molar refractivity (Wildman–Crippen MR) is 93.4 cm³/mol. The molecule has 1 N–H and O–H groups in total. The fraction of sp³-hybridized carbons (Fsp3) is 0.316. The van der Waals surface area contributed by atoms with Gasteiger partial charge in [-0.3, -0.25) is 0 Å². The smallest absolute Gasteiger partial charge is 0.230 e. The van der Waals surface area contributed by atoms with Crippen LogP contribution < -0.4 is 10.1 Å². The molecule has 2 atom stereocenters. The summed E-state index contributed by atoms with van der Waals surface area (Å²) in [4.78, 5) is 8.79. The van der Waals surface area contributed by atoms with Crippen molar-refractivity contribution in [2.24, 2.45) is 0 Å². The van der Waals surface area contributed by atoms with E-state index in [2.05, 4.69) is 27.4 Å². The lowest BCUT2D eigenvalue weighted by Crippen LogP contribution is -2.34. The van der Waals surface area contributed by atoms with E-state index in [1.54, 1.807) is 24.4 Å². The Morgan fingerprint density at radius 2 is 2.04 bits per heavy atom. The van der Waals surface area contributed by atoms with E-state index >= 15 is 0 Å².